The van der Waals surface area contributed by atoms with Gasteiger partial charge in [-0.3, -0.25) is 0 Å². The molecule has 0 atom stereocenters. The van der Waals surface area contributed by atoms with Crippen LogP contribution in [0, 0.1) is 0 Å². The number of aryl methyl sites for hydroxylation is 1. The summed E-state index contributed by atoms with van der Waals surface area (Å²) in [5, 5.41) is 0. The molecule has 1 aromatic rings. The average molecular weight is 489 g/mol. The van der Waals surface area contributed by atoms with Gasteiger partial charge < -0.3 is 4.55 Å². The van der Waals surface area contributed by atoms with Crippen molar-refractivity contribution >= 4 is 10.1 Å². The maximum absolute atomic E-state index is 11.1. The molecule has 0 N–H and O–H groups in total. The topological polar surface area (TPSA) is 57.2 Å². The van der Waals surface area contributed by atoms with Crippen molar-refractivity contribution in [1.29, 1.82) is 0 Å². The van der Waals surface area contributed by atoms with Crippen LogP contribution in [0.1, 0.15) is 141 Å². The molecule has 0 unspecified atom stereocenters. The summed E-state index contributed by atoms with van der Waals surface area (Å²) in [4.78, 5) is -0.108. The molecule has 0 heterocycles. The monoisotopic (exact) mass is 488 g/mol. The summed E-state index contributed by atoms with van der Waals surface area (Å²) in [5.41, 5.74) is 0.948. The van der Waals surface area contributed by atoms with Crippen molar-refractivity contribution in [3.63, 3.8) is 0 Å². The van der Waals surface area contributed by atoms with Gasteiger partial charge in [-0.25, -0.2) is 8.42 Å². The van der Waals surface area contributed by atoms with Crippen LogP contribution in [0.4, 0.5) is 0 Å². The van der Waals surface area contributed by atoms with Gasteiger partial charge in [0.25, 0.3) is 0 Å². The molecule has 0 aliphatic carbocycles. The summed E-state index contributed by atoms with van der Waals surface area (Å²) in [6, 6.07) is 6.47. The van der Waals surface area contributed by atoms with E-state index in [0.29, 0.717) is 0 Å². The molecule has 0 saturated carbocycles. The van der Waals surface area contributed by atoms with Gasteiger partial charge in [-0.2, -0.15) is 0 Å². The van der Waals surface area contributed by atoms with E-state index >= 15 is 0 Å². The van der Waals surface area contributed by atoms with E-state index in [1.54, 1.807) is 6.07 Å². The molecular formula is C28H49NaO3S. The Morgan fingerprint density at radius 3 is 1.33 bits per heavy atom. The van der Waals surface area contributed by atoms with E-state index in [4.69, 9.17) is 0 Å². The Hall–Kier alpha value is 0.130. The number of benzene rings is 1. The summed E-state index contributed by atoms with van der Waals surface area (Å²) < 4.78 is 33.3. The Balaban J connectivity index is 0.0000102. The molecule has 0 amide bonds. The molecule has 0 saturated heterocycles. The zero-order valence-corrected chi connectivity index (χ0v) is 24.6. The van der Waals surface area contributed by atoms with E-state index < -0.39 is 10.1 Å². The van der Waals surface area contributed by atoms with Gasteiger partial charge in [0.15, 0.2) is 0 Å². The maximum atomic E-state index is 11.1. The Morgan fingerprint density at radius 1 is 0.606 bits per heavy atom. The second-order valence-electron chi connectivity index (χ2n) is 9.57. The fourth-order valence-corrected chi connectivity index (χ4v) is 4.98. The van der Waals surface area contributed by atoms with Gasteiger partial charge in [-0.05, 0) is 30.5 Å². The van der Waals surface area contributed by atoms with Gasteiger partial charge in [-0.15, -0.1) is 0 Å². The third-order valence-corrected chi connectivity index (χ3v) is 7.34. The predicted octanol–water partition coefficient (Wildman–Crippen LogP) is 5.96. The summed E-state index contributed by atoms with van der Waals surface area (Å²) in [7, 11) is -4.34. The smallest absolute Gasteiger partial charge is 0.744 e. The standard InChI is InChI=1S/C28H50O3S.Na/c1-2-3-4-5-6-7-8-9-10-11-12-13-14-15-16-17-18-19-20-21-23-27-24-22-25-28(26-27)32(29,30)31;/h22,24-26H,2-21,23H2,1H3,(H,29,30,31);/q;+1/p-1. The van der Waals surface area contributed by atoms with Crippen LogP contribution in [-0.4, -0.2) is 13.0 Å². The number of hydrogen-bond acceptors (Lipinski definition) is 3. The van der Waals surface area contributed by atoms with E-state index in [2.05, 4.69) is 6.92 Å². The minimum Gasteiger partial charge on any atom is -0.744 e. The molecule has 186 valence electrons. The molecule has 5 heteroatoms. The zero-order chi connectivity index (χ0) is 23.3. The Morgan fingerprint density at radius 2 is 0.970 bits per heavy atom. The number of rotatable bonds is 22. The molecule has 0 bridgehead atoms. The van der Waals surface area contributed by atoms with Crippen molar-refractivity contribution in [2.75, 3.05) is 0 Å². The van der Waals surface area contributed by atoms with E-state index in [0.717, 1.165) is 18.4 Å². The average Bonchev–Trinajstić information content (AvgIpc) is 2.77. The quantitative estimate of drug-likeness (QED) is 0.115. The fourth-order valence-electron chi connectivity index (χ4n) is 4.44. The van der Waals surface area contributed by atoms with E-state index in [1.807, 2.05) is 6.07 Å². The van der Waals surface area contributed by atoms with Gasteiger partial charge in [0, 0.05) is 0 Å². The van der Waals surface area contributed by atoms with Crippen molar-refractivity contribution in [2.45, 2.75) is 147 Å². The van der Waals surface area contributed by atoms with Crippen molar-refractivity contribution in [3.05, 3.63) is 29.8 Å². The van der Waals surface area contributed by atoms with Gasteiger partial charge in [-0.1, -0.05) is 141 Å². The third-order valence-electron chi connectivity index (χ3n) is 6.51. The van der Waals surface area contributed by atoms with Crippen molar-refractivity contribution in [2.24, 2.45) is 0 Å². The van der Waals surface area contributed by atoms with Crippen LogP contribution in [0.15, 0.2) is 29.2 Å². The fraction of sp³-hybridized carbons (Fsp3) is 0.786. The van der Waals surface area contributed by atoms with Crippen molar-refractivity contribution in [3.8, 4) is 0 Å². The summed E-state index contributed by atoms with van der Waals surface area (Å²) >= 11 is 0. The van der Waals surface area contributed by atoms with Crippen LogP contribution < -0.4 is 29.6 Å². The van der Waals surface area contributed by atoms with Gasteiger partial charge in [0.05, 0.1) is 4.90 Å². The minimum absolute atomic E-state index is 0. The van der Waals surface area contributed by atoms with Gasteiger partial charge in [0.2, 0.25) is 0 Å². The second-order valence-corrected chi connectivity index (χ2v) is 10.9. The molecule has 33 heavy (non-hydrogen) atoms. The predicted molar refractivity (Wildman–Crippen MR) is 136 cm³/mol. The number of hydrogen-bond donors (Lipinski definition) is 0. The molecule has 0 aromatic heterocycles. The van der Waals surface area contributed by atoms with Crippen LogP contribution in [0.5, 0.6) is 0 Å². The number of unbranched alkanes of at least 4 members (excludes halogenated alkanes) is 19. The van der Waals surface area contributed by atoms with Crippen LogP contribution in [0.25, 0.3) is 0 Å². The molecule has 0 radical (unpaired) electrons. The zero-order valence-electron chi connectivity index (χ0n) is 21.8. The molecular weight excluding hydrogens is 439 g/mol. The third kappa shape index (κ3) is 20.1. The first-order valence-corrected chi connectivity index (χ1v) is 15.0. The minimum atomic E-state index is -4.34. The maximum Gasteiger partial charge on any atom is 1.00 e. The van der Waals surface area contributed by atoms with Crippen molar-refractivity contribution in [1.82, 2.24) is 0 Å². The van der Waals surface area contributed by atoms with Crippen LogP contribution in [0.3, 0.4) is 0 Å². The van der Waals surface area contributed by atoms with Crippen molar-refractivity contribution < 1.29 is 42.5 Å². The van der Waals surface area contributed by atoms with Crippen LogP contribution >= 0.6 is 0 Å². The Labute approximate surface area is 228 Å². The van der Waals surface area contributed by atoms with Gasteiger partial charge in [0.1, 0.15) is 10.1 Å². The van der Waals surface area contributed by atoms with E-state index in [1.165, 1.54) is 134 Å². The summed E-state index contributed by atoms with van der Waals surface area (Å²) in [6.07, 6.45) is 28.2. The van der Waals surface area contributed by atoms with Gasteiger partial charge >= 0.3 is 29.6 Å². The molecule has 0 aliphatic rings. The van der Waals surface area contributed by atoms with E-state index in [9.17, 15) is 13.0 Å². The SMILES string of the molecule is CCCCCCCCCCCCCCCCCCCCCCc1cccc(S(=O)(=O)[O-])c1.[Na+]. The second kappa shape index (κ2) is 22.6. The summed E-state index contributed by atoms with van der Waals surface area (Å²) in [5.74, 6) is 0. The van der Waals surface area contributed by atoms with E-state index in [-0.39, 0.29) is 34.5 Å². The van der Waals surface area contributed by atoms with Crippen LogP contribution in [0.2, 0.25) is 0 Å². The molecule has 1 aromatic carbocycles. The molecule has 0 spiro atoms. The van der Waals surface area contributed by atoms with Crippen LogP contribution in [-0.2, 0) is 16.5 Å². The first-order chi connectivity index (χ1) is 15.5. The largest absolute Gasteiger partial charge is 1.00 e. The Kier molecular flexibility index (Phi) is 22.7. The normalized spacial score (nSPS) is 11.5. The molecule has 3 nitrogen and oxygen atoms in total. The Bertz CT molecular complexity index is 661. The molecule has 0 fully saturated rings. The first-order valence-electron chi connectivity index (χ1n) is 13.6. The molecule has 0 aliphatic heterocycles. The molecule has 1 rings (SSSR count). The first kappa shape index (κ1) is 33.1. The summed E-state index contributed by atoms with van der Waals surface area (Å²) in [6.45, 7) is 2.28.